The Morgan fingerprint density at radius 1 is 0.946 bits per heavy atom. The molecule has 9 heteroatoms. The minimum atomic E-state index is -3.81. The Hall–Kier alpha value is -3.36. The van der Waals surface area contributed by atoms with Crippen molar-refractivity contribution >= 4 is 39.1 Å². The van der Waals surface area contributed by atoms with E-state index < -0.39 is 28.5 Å². The fraction of sp³-hybridized carbons (Fsp3) is 0.286. The van der Waals surface area contributed by atoms with Gasteiger partial charge in [0.05, 0.1) is 11.9 Å². The lowest BCUT2D eigenvalue weighted by Gasteiger charge is -2.33. The van der Waals surface area contributed by atoms with Crippen molar-refractivity contribution in [1.29, 1.82) is 0 Å². The van der Waals surface area contributed by atoms with E-state index in [0.29, 0.717) is 17.3 Å². The number of rotatable bonds is 11. The molecule has 0 aliphatic carbocycles. The normalized spacial score (nSPS) is 12.0. The van der Waals surface area contributed by atoms with Crippen molar-refractivity contribution in [2.75, 3.05) is 23.7 Å². The summed E-state index contributed by atoms with van der Waals surface area (Å²) in [4.78, 5) is 28.6. The van der Waals surface area contributed by atoms with Crippen molar-refractivity contribution in [2.45, 2.75) is 32.9 Å². The number of aryl methyl sites for hydroxylation is 1. The highest BCUT2D eigenvalue weighted by Gasteiger charge is 2.32. The van der Waals surface area contributed by atoms with E-state index in [-0.39, 0.29) is 18.9 Å². The van der Waals surface area contributed by atoms with Crippen molar-refractivity contribution in [3.63, 3.8) is 0 Å². The Kier molecular flexibility index (Phi) is 9.72. The van der Waals surface area contributed by atoms with Gasteiger partial charge in [0.1, 0.15) is 12.6 Å². The summed E-state index contributed by atoms with van der Waals surface area (Å²) < 4.78 is 26.5. The smallest absolute Gasteiger partial charge is 0.244 e. The molecule has 0 aliphatic rings. The highest BCUT2D eigenvalue weighted by molar-refractivity contribution is 7.92. The molecule has 0 fully saturated rings. The number of carbonyl (C=O) groups is 2. The first-order valence-corrected chi connectivity index (χ1v) is 14.2. The Balaban J connectivity index is 2.03. The van der Waals surface area contributed by atoms with E-state index in [9.17, 15) is 18.0 Å². The third kappa shape index (κ3) is 8.06. The van der Waals surface area contributed by atoms with Gasteiger partial charge in [0.2, 0.25) is 21.8 Å². The van der Waals surface area contributed by atoms with Crippen LogP contribution in [0.25, 0.3) is 0 Å². The van der Waals surface area contributed by atoms with Crippen LogP contribution in [0.1, 0.15) is 23.6 Å². The van der Waals surface area contributed by atoms with E-state index in [4.69, 9.17) is 11.6 Å². The molecule has 3 aromatic carbocycles. The van der Waals surface area contributed by atoms with E-state index in [1.807, 2.05) is 68.4 Å². The average Bonchev–Trinajstić information content (AvgIpc) is 2.85. The maximum atomic E-state index is 13.9. The maximum Gasteiger partial charge on any atom is 0.244 e. The van der Waals surface area contributed by atoms with Crippen LogP contribution in [-0.2, 0) is 32.6 Å². The predicted molar refractivity (Wildman–Crippen MR) is 148 cm³/mol. The lowest BCUT2D eigenvalue weighted by Crippen LogP contribution is -2.53. The molecule has 0 aromatic heterocycles. The number of sulfonamides is 1. The first kappa shape index (κ1) is 28.2. The van der Waals surface area contributed by atoms with Crippen molar-refractivity contribution in [2.24, 2.45) is 0 Å². The van der Waals surface area contributed by atoms with Crippen molar-refractivity contribution in [3.05, 3.63) is 101 Å². The van der Waals surface area contributed by atoms with Gasteiger partial charge >= 0.3 is 0 Å². The summed E-state index contributed by atoms with van der Waals surface area (Å²) in [5.74, 6) is -0.793. The summed E-state index contributed by atoms with van der Waals surface area (Å²) >= 11 is 5.99. The number of likely N-dealkylation sites (N-methyl/N-ethyl adjacent to an activating group) is 1. The zero-order chi connectivity index (χ0) is 27.0. The summed E-state index contributed by atoms with van der Waals surface area (Å²) in [7, 11) is -3.81. The van der Waals surface area contributed by atoms with Crippen molar-refractivity contribution in [3.8, 4) is 0 Å². The molecule has 2 amide bonds. The second-order valence-electron chi connectivity index (χ2n) is 8.86. The van der Waals surface area contributed by atoms with Crippen LogP contribution in [0, 0.1) is 6.92 Å². The molecule has 0 bridgehead atoms. The predicted octanol–water partition coefficient (Wildman–Crippen LogP) is 4.19. The van der Waals surface area contributed by atoms with Gasteiger partial charge in [-0.3, -0.25) is 13.9 Å². The first-order chi connectivity index (χ1) is 17.6. The van der Waals surface area contributed by atoms with Gasteiger partial charge in [-0.25, -0.2) is 8.42 Å². The van der Waals surface area contributed by atoms with Gasteiger partial charge in [-0.15, -0.1) is 0 Å². The van der Waals surface area contributed by atoms with Gasteiger partial charge < -0.3 is 10.2 Å². The van der Waals surface area contributed by atoms with Crippen LogP contribution in [-0.4, -0.2) is 50.5 Å². The lowest BCUT2D eigenvalue weighted by atomic mass is 10.0. The number of carbonyl (C=O) groups excluding carboxylic acids is 2. The van der Waals surface area contributed by atoms with Crippen LogP contribution in [0.2, 0.25) is 5.02 Å². The second kappa shape index (κ2) is 12.7. The molecule has 0 radical (unpaired) electrons. The number of nitrogens with zero attached hydrogens (tertiary/aromatic N) is 2. The van der Waals surface area contributed by atoms with Gasteiger partial charge in [0.25, 0.3) is 0 Å². The molecule has 1 N–H and O–H groups in total. The molecule has 0 heterocycles. The molecule has 0 unspecified atom stereocenters. The summed E-state index contributed by atoms with van der Waals surface area (Å²) in [6.07, 6.45) is 1.33. The number of halogens is 1. The molecule has 1 atom stereocenters. The molecule has 0 saturated carbocycles. The number of nitrogens with one attached hydrogen (secondary N) is 1. The molecular weight excluding hydrogens is 510 g/mol. The highest BCUT2D eigenvalue weighted by Crippen LogP contribution is 2.22. The number of amides is 2. The fourth-order valence-corrected chi connectivity index (χ4v) is 5.05. The Morgan fingerprint density at radius 3 is 2.19 bits per heavy atom. The molecule has 196 valence electrons. The number of benzene rings is 3. The van der Waals surface area contributed by atoms with Crippen LogP contribution in [0.3, 0.4) is 0 Å². The quantitative estimate of drug-likeness (QED) is 0.394. The molecule has 3 aromatic rings. The maximum absolute atomic E-state index is 13.9. The van der Waals surface area contributed by atoms with Gasteiger partial charge in [-0.2, -0.15) is 0 Å². The molecular formula is C28H32ClN3O4S. The number of hydrogen-bond donors (Lipinski definition) is 1. The number of anilines is 1. The van der Waals surface area contributed by atoms with E-state index in [1.54, 1.807) is 24.3 Å². The second-order valence-corrected chi connectivity index (χ2v) is 11.2. The minimum absolute atomic E-state index is 0.146. The Morgan fingerprint density at radius 2 is 1.59 bits per heavy atom. The van der Waals surface area contributed by atoms with Crippen molar-refractivity contribution in [1.82, 2.24) is 10.2 Å². The van der Waals surface area contributed by atoms with Crippen LogP contribution in [0.15, 0.2) is 78.9 Å². The number of hydrogen-bond acceptors (Lipinski definition) is 4. The molecule has 3 rings (SSSR count). The Labute approximate surface area is 224 Å². The molecule has 7 nitrogen and oxygen atoms in total. The van der Waals surface area contributed by atoms with Crippen LogP contribution >= 0.6 is 11.6 Å². The van der Waals surface area contributed by atoms with E-state index >= 15 is 0 Å². The lowest BCUT2D eigenvalue weighted by molar-refractivity contribution is -0.140. The van der Waals surface area contributed by atoms with Crippen molar-refractivity contribution < 1.29 is 18.0 Å². The zero-order valence-corrected chi connectivity index (χ0v) is 22.8. The summed E-state index contributed by atoms with van der Waals surface area (Å²) in [6, 6.07) is 22.5. The largest absolute Gasteiger partial charge is 0.355 e. The van der Waals surface area contributed by atoms with Crippen LogP contribution in [0.5, 0.6) is 0 Å². The standard InChI is InChI=1S/C28H32ClN3O4S/c1-4-30-28(34)26(18-22-10-6-5-7-11-22)31(19-23-12-8-9-21(2)17-23)27(33)20-32(37(3,35)36)25-15-13-24(29)14-16-25/h5-17,26H,4,18-20H2,1-3H3,(H,30,34)/t26-/m1/s1. The van der Waals surface area contributed by atoms with Gasteiger partial charge in [0, 0.05) is 24.5 Å². The summed E-state index contributed by atoms with van der Waals surface area (Å²) in [5.41, 5.74) is 3.06. The van der Waals surface area contributed by atoms with E-state index in [2.05, 4.69) is 5.32 Å². The van der Waals surface area contributed by atoms with E-state index in [1.165, 1.54) is 4.90 Å². The van der Waals surface area contributed by atoms with Gasteiger partial charge in [-0.05, 0) is 49.2 Å². The molecule has 37 heavy (non-hydrogen) atoms. The SMILES string of the molecule is CCNC(=O)[C@@H](Cc1ccccc1)N(Cc1cccc(C)c1)C(=O)CN(c1ccc(Cl)cc1)S(C)(=O)=O. The van der Waals surface area contributed by atoms with Gasteiger partial charge in [-0.1, -0.05) is 71.8 Å². The summed E-state index contributed by atoms with van der Waals surface area (Å²) in [5, 5.41) is 3.29. The fourth-order valence-electron chi connectivity index (χ4n) is 4.07. The van der Waals surface area contributed by atoms with Crippen LogP contribution < -0.4 is 9.62 Å². The minimum Gasteiger partial charge on any atom is -0.355 e. The highest BCUT2D eigenvalue weighted by atomic mass is 35.5. The first-order valence-electron chi connectivity index (χ1n) is 12.0. The Bertz CT molecular complexity index is 1310. The molecule has 0 aliphatic heterocycles. The molecule has 0 spiro atoms. The summed E-state index contributed by atoms with van der Waals surface area (Å²) in [6.45, 7) is 3.85. The van der Waals surface area contributed by atoms with Crippen LogP contribution in [0.4, 0.5) is 5.69 Å². The average molecular weight is 542 g/mol. The third-order valence-corrected chi connectivity index (χ3v) is 7.24. The molecule has 0 saturated heterocycles. The van der Waals surface area contributed by atoms with E-state index in [0.717, 1.165) is 27.3 Å². The monoisotopic (exact) mass is 541 g/mol. The van der Waals surface area contributed by atoms with Gasteiger partial charge in [0.15, 0.2) is 0 Å². The zero-order valence-electron chi connectivity index (χ0n) is 21.2. The third-order valence-electron chi connectivity index (χ3n) is 5.85. The topological polar surface area (TPSA) is 86.8 Å².